The van der Waals surface area contributed by atoms with E-state index in [1.165, 1.54) is 29.1 Å². The Hall–Kier alpha value is -1.48. The molecule has 132 valence electrons. The maximum absolute atomic E-state index is 6.42. The predicted molar refractivity (Wildman–Crippen MR) is 104 cm³/mol. The third-order valence-electron chi connectivity index (χ3n) is 4.29. The summed E-state index contributed by atoms with van der Waals surface area (Å²) in [7, 11) is 0. The van der Waals surface area contributed by atoms with E-state index in [2.05, 4.69) is 49.8 Å². The van der Waals surface area contributed by atoms with Crippen molar-refractivity contribution in [2.45, 2.75) is 65.8 Å². The number of anilines is 1. The van der Waals surface area contributed by atoms with Crippen molar-refractivity contribution in [3.63, 3.8) is 0 Å². The summed E-state index contributed by atoms with van der Waals surface area (Å²) in [6.45, 7) is 10.7. The summed E-state index contributed by atoms with van der Waals surface area (Å²) in [6.07, 6.45) is 4.39. The molecular weight excluding hydrogens is 318 g/mol. The van der Waals surface area contributed by atoms with Gasteiger partial charge < -0.3 is 5.32 Å². The van der Waals surface area contributed by atoms with Crippen molar-refractivity contribution in [3.8, 4) is 0 Å². The number of halogens is 1. The van der Waals surface area contributed by atoms with Gasteiger partial charge in [0.05, 0.1) is 5.69 Å². The fourth-order valence-corrected chi connectivity index (χ4v) is 3.53. The Balaban J connectivity index is 0.000000647. The lowest BCUT2D eigenvalue weighted by Crippen LogP contribution is -2.18. The third kappa shape index (κ3) is 3.94. The van der Waals surface area contributed by atoms with Gasteiger partial charge in [-0.05, 0) is 30.9 Å². The molecule has 0 saturated carbocycles. The molecule has 24 heavy (non-hydrogen) atoms. The zero-order valence-electron chi connectivity index (χ0n) is 15.4. The second kappa shape index (κ2) is 9.12. The van der Waals surface area contributed by atoms with E-state index < -0.39 is 0 Å². The zero-order chi connectivity index (χ0) is 17.5. The van der Waals surface area contributed by atoms with E-state index in [0.717, 1.165) is 37.4 Å². The van der Waals surface area contributed by atoms with Crippen LogP contribution in [0.15, 0.2) is 24.3 Å². The van der Waals surface area contributed by atoms with E-state index in [1.807, 2.05) is 12.1 Å². The fraction of sp³-hybridized carbons (Fsp3) is 0.550. The Bertz CT molecular complexity index is 648. The molecule has 3 nitrogen and oxygen atoms in total. The monoisotopic (exact) mass is 347 g/mol. The average Bonchev–Trinajstić information content (AvgIpc) is 2.96. The molecular formula is C20H30ClN3. The standard InChI is InChI=1S/C17H22ClN3.C3H8/c1-3-12(14-8-5-6-9-15(14)18)16-13(4-2)17-19-10-7-11-21(17)20-16;1-3-2/h5-6,8-9,12,19H,3-4,7,10-11H2,1-2H3;3H2,1-2H3. The first-order valence-electron chi connectivity index (χ1n) is 9.25. The predicted octanol–water partition coefficient (Wildman–Crippen LogP) is 5.87. The Morgan fingerprint density at radius 3 is 2.54 bits per heavy atom. The van der Waals surface area contributed by atoms with E-state index in [1.54, 1.807) is 0 Å². The minimum absolute atomic E-state index is 0.272. The van der Waals surface area contributed by atoms with E-state index in [4.69, 9.17) is 16.7 Å². The minimum Gasteiger partial charge on any atom is -0.370 e. The first kappa shape index (κ1) is 18.9. The SMILES string of the molecule is CCC.CCc1c(C(CC)c2ccccc2Cl)nn2c1NCCC2. The lowest BCUT2D eigenvalue weighted by molar-refractivity contribution is 0.555. The van der Waals surface area contributed by atoms with Gasteiger partial charge in [0.2, 0.25) is 0 Å². The molecule has 2 aromatic rings. The second-order valence-corrected chi connectivity index (χ2v) is 6.67. The summed E-state index contributed by atoms with van der Waals surface area (Å²) in [5.74, 6) is 1.48. The quantitative estimate of drug-likeness (QED) is 0.749. The topological polar surface area (TPSA) is 29.9 Å². The number of aromatic nitrogens is 2. The average molecular weight is 348 g/mol. The van der Waals surface area contributed by atoms with Crippen LogP contribution in [0, 0.1) is 0 Å². The number of nitrogens with zero attached hydrogens (tertiary/aromatic N) is 2. The molecule has 1 aromatic carbocycles. The molecule has 0 aliphatic carbocycles. The normalized spacial score (nSPS) is 14.2. The van der Waals surface area contributed by atoms with Gasteiger partial charge in [-0.3, -0.25) is 0 Å². The van der Waals surface area contributed by atoms with Crippen LogP contribution in [0.1, 0.15) is 69.7 Å². The summed E-state index contributed by atoms with van der Waals surface area (Å²) in [6, 6.07) is 8.14. The van der Waals surface area contributed by atoms with Gasteiger partial charge in [0.15, 0.2) is 0 Å². The molecule has 1 aliphatic rings. The molecule has 0 fully saturated rings. The summed E-state index contributed by atoms with van der Waals surface area (Å²) >= 11 is 6.42. The van der Waals surface area contributed by atoms with Crippen LogP contribution in [0.4, 0.5) is 5.82 Å². The molecule has 1 aliphatic heterocycles. The highest BCUT2D eigenvalue weighted by molar-refractivity contribution is 6.31. The van der Waals surface area contributed by atoms with Crippen molar-refractivity contribution in [1.82, 2.24) is 9.78 Å². The zero-order valence-corrected chi connectivity index (χ0v) is 16.2. The number of aryl methyl sites for hydroxylation is 1. The number of nitrogens with one attached hydrogen (secondary N) is 1. The minimum atomic E-state index is 0.272. The van der Waals surface area contributed by atoms with Gasteiger partial charge in [0, 0.05) is 29.6 Å². The number of benzene rings is 1. The number of hydrogen-bond donors (Lipinski definition) is 1. The molecule has 1 N–H and O–H groups in total. The number of rotatable bonds is 4. The van der Waals surface area contributed by atoms with Gasteiger partial charge in [-0.1, -0.05) is 63.9 Å². The first-order chi connectivity index (χ1) is 11.7. The maximum Gasteiger partial charge on any atom is 0.127 e. The highest BCUT2D eigenvalue weighted by Gasteiger charge is 2.25. The smallest absolute Gasteiger partial charge is 0.127 e. The molecule has 0 radical (unpaired) electrons. The molecule has 0 bridgehead atoms. The van der Waals surface area contributed by atoms with Crippen molar-refractivity contribution >= 4 is 17.4 Å². The van der Waals surface area contributed by atoms with Crippen LogP contribution in [0.5, 0.6) is 0 Å². The molecule has 1 atom stereocenters. The van der Waals surface area contributed by atoms with Gasteiger partial charge in [-0.25, -0.2) is 4.68 Å². The van der Waals surface area contributed by atoms with E-state index in [-0.39, 0.29) is 5.92 Å². The molecule has 0 saturated heterocycles. The van der Waals surface area contributed by atoms with Gasteiger partial charge in [-0.15, -0.1) is 0 Å². The lowest BCUT2D eigenvalue weighted by atomic mass is 9.90. The van der Waals surface area contributed by atoms with Gasteiger partial charge >= 0.3 is 0 Å². The van der Waals surface area contributed by atoms with E-state index in [9.17, 15) is 0 Å². The van der Waals surface area contributed by atoms with Gasteiger partial charge in [-0.2, -0.15) is 5.10 Å². The summed E-state index contributed by atoms with van der Waals surface area (Å²) in [5, 5.41) is 9.26. The fourth-order valence-electron chi connectivity index (χ4n) is 3.26. The van der Waals surface area contributed by atoms with Crippen molar-refractivity contribution in [2.24, 2.45) is 0 Å². The summed E-state index contributed by atoms with van der Waals surface area (Å²) < 4.78 is 2.14. The Morgan fingerprint density at radius 1 is 1.21 bits per heavy atom. The molecule has 4 heteroatoms. The first-order valence-corrected chi connectivity index (χ1v) is 9.63. The molecule has 0 spiro atoms. The Labute approximate surface area is 151 Å². The van der Waals surface area contributed by atoms with Crippen LogP contribution in [-0.2, 0) is 13.0 Å². The number of fused-ring (bicyclic) bond motifs is 1. The maximum atomic E-state index is 6.42. The molecule has 3 rings (SSSR count). The van der Waals surface area contributed by atoms with Crippen molar-refractivity contribution in [1.29, 1.82) is 0 Å². The number of hydrogen-bond acceptors (Lipinski definition) is 2. The highest BCUT2D eigenvalue weighted by atomic mass is 35.5. The van der Waals surface area contributed by atoms with Crippen molar-refractivity contribution < 1.29 is 0 Å². The van der Waals surface area contributed by atoms with Crippen LogP contribution >= 0.6 is 11.6 Å². The van der Waals surface area contributed by atoms with Crippen LogP contribution in [0.2, 0.25) is 5.02 Å². The largest absolute Gasteiger partial charge is 0.370 e. The second-order valence-electron chi connectivity index (χ2n) is 6.26. The highest BCUT2D eigenvalue weighted by Crippen LogP contribution is 2.37. The van der Waals surface area contributed by atoms with Crippen molar-refractivity contribution in [3.05, 3.63) is 46.1 Å². The van der Waals surface area contributed by atoms with Crippen molar-refractivity contribution in [2.75, 3.05) is 11.9 Å². The molecule has 1 unspecified atom stereocenters. The summed E-state index contributed by atoms with van der Waals surface area (Å²) in [5.41, 5.74) is 3.73. The molecule has 0 amide bonds. The van der Waals surface area contributed by atoms with Crippen LogP contribution in [-0.4, -0.2) is 16.3 Å². The van der Waals surface area contributed by atoms with Crippen LogP contribution in [0.3, 0.4) is 0 Å². The van der Waals surface area contributed by atoms with E-state index in [0.29, 0.717) is 0 Å². The molecule has 1 aromatic heterocycles. The Kier molecular flexibility index (Phi) is 7.16. The third-order valence-corrected chi connectivity index (χ3v) is 4.64. The Morgan fingerprint density at radius 2 is 1.92 bits per heavy atom. The van der Waals surface area contributed by atoms with Gasteiger partial charge in [0.1, 0.15) is 5.82 Å². The summed E-state index contributed by atoms with van der Waals surface area (Å²) in [4.78, 5) is 0. The van der Waals surface area contributed by atoms with E-state index >= 15 is 0 Å². The van der Waals surface area contributed by atoms with Crippen LogP contribution in [0.25, 0.3) is 0 Å². The molecule has 2 heterocycles. The lowest BCUT2D eigenvalue weighted by Gasteiger charge is -2.17. The van der Waals surface area contributed by atoms with Crippen LogP contribution < -0.4 is 5.32 Å². The van der Waals surface area contributed by atoms with Gasteiger partial charge in [0.25, 0.3) is 0 Å².